The number of piperazine rings is 1. The predicted molar refractivity (Wildman–Crippen MR) is 76.0 cm³/mol. The summed E-state index contributed by atoms with van der Waals surface area (Å²) in [6.45, 7) is 8.79. The zero-order valence-corrected chi connectivity index (χ0v) is 11.9. The van der Waals surface area contributed by atoms with Crippen molar-refractivity contribution in [2.45, 2.75) is 26.8 Å². The van der Waals surface area contributed by atoms with Crippen LogP contribution in [0.3, 0.4) is 0 Å². The quantitative estimate of drug-likeness (QED) is 0.866. The first-order chi connectivity index (χ1) is 8.99. The van der Waals surface area contributed by atoms with Gasteiger partial charge in [-0.05, 0) is 25.5 Å². The Labute approximate surface area is 114 Å². The Hall–Kier alpha value is -1.62. The second-order valence-corrected chi connectivity index (χ2v) is 5.13. The van der Waals surface area contributed by atoms with E-state index >= 15 is 0 Å². The lowest BCUT2D eigenvalue weighted by atomic mass is 10.1. The standard InChI is InChI=1S/C14H22N4O/c1-10(15)13-4-5-14(16-11(13)2)18-8-6-17(7-9-18)12(3)19/h4-5,10H,6-9,15H2,1-3H3/t10-/m1/s1. The highest BCUT2D eigenvalue weighted by Gasteiger charge is 2.20. The van der Waals surface area contributed by atoms with Crippen LogP contribution < -0.4 is 10.6 Å². The third-order valence-electron chi connectivity index (χ3n) is 3.65. The maximum absolute atomic E-state index is 11.3. The Bertz CT molecular complexity index is 465. The van der Waals surface area contributed by atoms with Crippen LogP contribution in [-0.2, 0) is 4.79 Å². The van der Waals surface area contributed by atoms with Gasteiger partial charge in [0.25, 0.3) is 0 Å². The summed E-state index contributed by atoms with van der Waals surface area (Å²) in [7, 11) is 0. The minimum atomic E-state index is 0.0103. The van der Waals surface area contributed by atoms with Gasteiger partial charge in [-0.3, -0.25) is 4.79 Å². The van der Waals surface area contributed by atoms with E-state index in [2.05, 4.69) is 16.0 Å². The highest BCUT2D eigenvalue weighted by molar-refractivity contribution is 5.73. The molecule has 0 bridgehead atoms. The number of carbonyl (C=O) groups is 1. The third-order valence-corrected chi connectivity index (χ3v) is 3.65. The van der Waals surface area contributed by atoms with Crippen LogP contribution in [0.5, 0.6) is 0 Å². The number of pyridine rings is 1. The van der Waals surface area contributed by atoms with E-state index in [1.54, 1.807) is 6.92 Å². The number of nitrogens with zero attached hydrogens (tertiary/aromatic N) is 3. The largest absolute Gasteiger partial charge is 0.353 e. The lowest BCUT2D eigenvalue weighted by molar-refractivity contribution is -0.129. The molecule has 1 aromatic rings. The smallest absolute Gasteiger partial charge is 0.219 e. The minimum Gasteiger partial charge on any atom is -0.353 e. The fraction of sp³-hybridized carbons (Fsp3) is 0.571. The molecule has 1 fully saturated rings. The van der Waals surface area contributed by atoms with Crippen LogP contribution in [0.25, 0.3) is 0 Å². The number of carbonyl (C=O) groups excluding carboxylic acids is 1. The molecule has 2 rings (SSSR count). The van der Waals surface area contributed by atoms with Crippen LogP contribution in [0.2, 0.25) is 0 Å². The first-order valence-electron chi connectivity index (χ1n) is 6.72. The zero-order valence-electron chi connectivity index (χ0n) is 11.9. The molecule has 0 unspecified atom stereocenters. The Balaban J connectivity index is 2.08. The molecule has 5 heteroatoms. The SMILES string of the molecule is CC(=O)N1CCN(c2ccc([C@@H](C)N)c(C)n2)CC1. The van der Waals surface area contributed by atoms with Gasteiger partial charge in [-0.2, -0.15) is 0 Å². The van der Waals surface area contributed by atoms with Gasteiger partial charge < -0.3 is 15.5 Å². The van der Waals surface area contributed by atoms with E-state index in [0.717, 1.165) is 43.3 Å². The first kappa shape index (κ1) is 13.8. The fourth-order valence-corrected chi connectivity index (χ4v) is 2.47. The molecule has 0 saturated carbocycles. The van der Waals surface area contributed by atoms with Crippen LogP contribution in [0.15, 0.2) is 12.1 Å². The number of amides is 1. The molecule has 1 atom stereocenters. The van der Waals surface area contributed by atoms with Gasteiger partial charge >= 0.3 is 0 Å². The van der Waals surface area contributed by atoms with E-state index in [1.807, 2.05) is 24.8 Å². The summed E-state index contributed by atoms with van der Waals surface area (Å²) in [6, 6.07) is 4.09. The maximum atomic E-state index is 11.3. The molecule has 5 nitrogen and oxygen atoms in total. The predicted octanol–water partition coefficient (Wildman–Crippen LogP) is 1.08. The molecule has 2 N–H and O–H groups in total. The molecule has 1 aliphatic heterocycles. The van der Waals surface area contributed by atoms with Gasteiger partial charge in [-0.25, -0.2) is 4.98 Å². The monoisotopic (exact) mass is 262 g/mol. The summed E-state index contributed by atoms with van der Waals surface area (Å²) >= 11 is 0. The Morgan fingerprint density at radius 1 is 1.32 bits per heavy atom. The van der Waals surface area contributed by atoms with Crippen molar-refractivity contribution in [2.24, 2.45) is 5.73 Å². The molecule has 1 aromatic heterocycles. The zero-order chi connectivity index (χ0) is 14.0. The molecule has 104 valence electrons. The van der Waals surface area contributed by atoms with Crippen molar-refractivity contribution in [1.29, 1.82) is 0 Å². The fourth-order valence-electron chi connectivity index (χ4n) is 2.47. The molecular formula is C14H22N4O. The Morgan fingerprint density at radius 3 is 2.42 bits per heavy atom. The van der Waals surface area contributed by atoms with Crippen molar-refractivity contribution in [3.8, 4) is 0 Å². The molecule has 1 amide bonds. The molecule has 1 saturated heterocycles. The van der Waals surface area contributed by atoms with Gasteiger partial charge in [0.2, 0.25) is 5.91 Å². The maximum Gasteiger partial charge on any atom is 0.219 e. The summed E-state index contributed by atoms with van der Waals surface area (Å²) in [6.07, 6.45) is 0. The summed E-state index contributed by atoms with van der Waals surface area (Å²) < 4.78 is 0. The summed E-state index contributed by atoms with van der Waals surface area (Å²) in [5.41, 5.74) is 7.97. The normalized spacial score (nSPS) is 17.5. The number of aromatic nitrogens is 1. The second-order valence-electron chi connectivity index (χ2n) is 5.13. The number of rotatable bonds is 2. The molecule has 0 spiro atoms. The Kier molecular flexibility index (Phi) is 4.04. The highest BCUT2D eigenvalue weighted by Crippen LogP contribution is 2.19. The minimum absolute atomic E-state index is 0.0103. The van der Waals surface area contributed by atoms with Crippen molar-refractivity contribution < 1.29 is 4.79 Å². The van der Waals surface area contributed by atoms with Crippen molar-refractivity contribution in [3.63, 3.8) is 0 Å². The van der Waals surface area contributed by atoms with Crippen LogP contribution in [-0.4, -0.2) is 42.0 Å². The second kappa shape index (κ2) is 5.57. The van der Waals surface area contributed by atoms with Gasteiger partial charge in [0.1, 0.15) is 5.82 Å². The molecule has 0 radical (unpaired) electrons. The number of nitrogens with two attached hydrogens (primary N) is 1. The molecule has 19 heavy (non-hydrogen) atoms. The average molecular weight is 262 g/mol. The first-order valence-corrected chi connectivity index (χ1v) is 6.72. The van der Waals surface area contributed by atoms with E-state index in [-0.39, 0.29) is 11.9 Å². The highest BCUT2D eigenvalue weighted by atomic mass is 16.2. The lowest BCUT2D eigenvalue weighted by Gasteiger charge is -2.35. The van der Waals surface area contributed by atoms with Gasteiger partial charge in [0.15, 0.2) is 0 Å². The number of aryl methyl sites for hydroxylation is 1. The average Bonchev–Trinajstić information content (AvgIpc) is 2.38. The summed E-state index contributed by atoms with van der Waals surface area (Å²) in [5, 5.41) is 0. The topological polar surface area (TPSA) is 62.5 Å². The summed E-state index contributed by atoms with van der Waals surface area (Å²) in [5.74, 6) is 1.13. The van der Waals surface area contributed by atoms with Gasteiger partial charge in [-0.1, -0.05) is 6.07 Å². The van der Waals surface area contributed by atoms with Gasteiger partial charge in [0.05, 0.1) is 0 Å². The lowest BCUT2D eigenvalue weighted by Crippen LogP contribution is -2.48. The van der Waals surface area contributed by atoms with E-state index in [4.69, 9.17) is 5.73 Å². The molecule has 0 aliphatic carbocycles. The summed E-state index contributed by atoms with van der Waals surface area (Å²) in [4.78, 5) is 20.0. The van der Waals surface area contributed by atoms with Crippen molar-refractivity contribution in [2.75, 3.05) is 31.1 Å². The van der Waals surface area contributed by atoms with Crippen LogP contribution >= 0.6 is 0 Å². The van der Waals surface area contributed by atoms with Crippen molar-refractivity contribution in [1.82, 2.24) is 9.88 Å². The molecule has 2 heterocycles. The van der Waals surface area contributed by atoms with Gasteiger partial charge in [0, 0.05) is 44.8 Å². The van der Waals surface area contributed by atoms with Gasteiger partial charge in [-0.15, -0.1) is 0 Å². The van der Waals surface area contributed by atoms with Crippen LogP contribution in [0.4, 0.5) is 5.82 Å². The van der Waals surface area contributed by atoms with E-state index in [9.17, 15) is 4.79 Å². The molecule has 0 aromatic carbocycles. The molecule has 1 aliphatic rings. The Morgan fingerprint density at radius 2 is 1.95 bits per heavy atom. The number of hydrogen-bond donors (Lipinski definition) is 1. The van der Waals surface area contributed by atoms with Crippen molar-refractivity contribution in [3.05, 3.63) is 23.4 Å². The third kappa shape index (κ3) is 3.04. The van der Waals surface area contributed by atoms with E-state index in [1.165, 1.54) is 0 Å². The van der Waals surface area contributed by atoms with Crippen LogP contribution in [0.1, 0.15) is 31.1 Å². The number of hydrogen-bond acceptors (Lipinski definition) is 4. The molecular weight excluding hydrogens is 240 g/mol. The number of anilines is 1. The van der Waals surface area contributed by atoms with E-state index in [0.29, 0.717) is 0 Å². The van der Waals surface area contributed by atoms with Crippen LogP contribution in [0, 0.1) is 6.92 Å². The van der Waals surface area contributed by atoms with Crippen molar-refractivity contribution >= 4 is 11.7 Å². The van der Waals surface area contributed by atoms with E-state index < -0.39 is 0 Å².